The van der Waals surface area contributed by atoms with E-state index in [9.17, 15) is 9.59 Å². The van der Waals surface area contributed by atoms with E-state index in [1.54, 1.807) is 37.3 Å². The molecule has 1 aromatic carbocycles. The van der Waals surface area contributed by atoms with E-state index in [1.807, 2.05) is 0 Å². The maximum Gasteiger partial charge on any atom is 0.321 e. The van der Waals surface area contributed by atoms with Gasteiger partial charge in [0.15, 0.2) is 0 Å². The zero-order valence-corrected chi connectivity index (χ0v) is 16.7. The van der Waals surface area contributed by atoms with Crippen LogP contribution in [0.15, 0.2) is 18.2 Å². The first kappa shape index (κ1) is 20.3. The number of amides is 3. The molecule has 154 valence electrons. The predicted octanol–water partition coefficient (Wildman–Crippen LogP) is 2.04. The summed E-state index contributed by atoms with van der Waals surface area (Å²) in [4.78, 5) is 29.0. The number of carbonyl (C=O) groups excluding carboxylic acids is 2. The molecule has 8 heteroatoms. The number of likely N-dealkylation sites (tertiary alicyclic amines) is 2. The number of piperidine rings is 2. The van der Waals surface area contributed by atoms with Crippen molar-refractivity contribution >= 4 is 17.6 Å². The molecule has 2 heterocycles. The number of nitrogens with two attached hydrogens (primary N) is 1. The summed E-state index contributed by atoms with van der Waals surface area (Å²) in [6, 6.07) is 5.03. The molecule has 2 saturated heterocycles. The average Bonchev–Trinajstić information content (AvgIpc) is 2.73. The lowest BCUT2D eigenvalue weighted by atomic mass is 9.83. The first-order valence-electron chi connectivity index (χ1n) is 9.82. The van der Waals surface area contributed by atoms with Crippen LogP contribution >= 0.6 is 0 Å². The van der Waals surface area contributed by atoms with Gasteiger partial charge in [-0.1, -0.05) is 6.42 Å². The fourth-order valence-corrected chi connectivity index (χ4v) is 4.20. The third-order valence-corrected chi connectivity index (χ3v) is 5.90. The first-order chi connectivity index (χ1) is 13.5. The van der Waals surface area contributed by atoms with Crippen molar-refractivity contribution < 1.29 is 19.1 Å². The molecule has 0 spiro atoms. The number of hydrogen-bond acceptors (Lipinski definition) is 5. The molecule has 0 bridgehead atoms. The molecule has 0 radical (unpaired) electrons. The minimum Gasteiger partial charge on any atom is -0.497 e. The van der Waals surface area contributed by atoms with Gasteiger partial charge in [0.2, 0.25) is 5.91 Å². The Kier molecular flexibility index (Phi) is 6.28. The highest BCUT2D eigenvalue weighted by atomic mass is 16.5. The number of methoxy groups -OCH3 is 2. The van der Waals surface area contributed by atoms with E-state index in [-0.39, 0.29) is 11.9 Å². The van der Waals surface area contributed by atoms with Crippen molar-refractivity contribution in [1.82, 2.24) is 9.80 Å². The molecule has 0 atom stereocenters. The van der Waals surface area contributed by atoms with Gasteiger partial charge in [-0.25, -0.2) is 4.79 Å². The SMILES string of the molecule is COc1cc(NC(=O)N2CCC(C(N)=O)(N3CCCCC3)CC2)cc(OC)c1. The first-order valence-corrected chi connectivity index (χ1v) is 9.82. The molecular formula is C20H30N4O4. The summed E-state index contributed by atoms with van der Waals surface area (Å²) < 4.78 is 10.5. The lowest BCUT2D eigenvalue weighted by molar-refractivity contribution is -0.134. The van der Waals surface area contributed by atoms with Gasteiger partial charge in [-0.15, -0.1) is 0 Å². The number of benzene rings is 1. The lowest BCUT2D eigenvalue weighted by Gasteiger charge is -2.48. The summed E-state index contributed by atoms with van der Waals surface area (Å²) >= 11 is 0. The zero-order valence-electron chi connectivity index (χ0n) is 16.7. The Labute approximate surface area is 165 Å². The van der Waals surface area contributed by atoms with Crippen LogP contribution in [0.5, 0.6) is 11.5 Å². The van der Waals surface area contributed by atoms with E-state index in [0.29, 0.717) is 43.1 Å². The van der Waals surface area contributed by atoms with Crippen LogP contribution in [0.4, 0.5) is 10.5 Å². The van der Waals surface area contributed by atoms with E-state index >= 15 is 0 Å². The Morgan fingerprint density at radius 1 is 0.964 bits per heavy atom. The largest absolute Gasteiger partial charge is 0.497 e. The minimum atomic E-state index is -0.629. The molecule has 0 unspecified atom stereocenters. The van der Waals surface area contributed by atoms with E-state index in [0.717, 1.165) is 25.9 Å². The van der Waals surface area contributed by atoms with Crippen molar-refractivity contribution in [3.05, 3.63) is 18.2 Å². The van der Waals surface area contributed by atoms with Crippen LogP contribution in [0.25, 0.3) is 0 Å². The Bertz CT molecular complexity index is 688. The van der Waals surface area contributed by atoms with Gasteiger partial charge in [0.05, 0.1) is 14.2 Å². The number of carbonyl (C=O) groups is 2. The number of anilines is 1. The maximum atomic E-state index is 12.7. The fraction of sp³-hybridized carbons (Fsp3) is 0.600. The van der Waals surface area contributed by atoms with Crippen molar-refractivity contribution in [1.29, 1.82) is 0 Å². The van der Waals surface area contributed by atoms with Gasteiger partial charge in [-0.3, -0.25) is 9.69 Å². The Morgan fingerprint density at radius 3 is 2.04 bits per heavy atom. The summed E-state index contributed by atoms with van der Waals surface area (Å²) in [5, 5.41) is 2.89. The van der Waals surface area contributed by atoms with E-state index < -0.39 is 5.54 Å². The highest BCUT2D eigenvalue weighted by Crippen LogP contribution is 2.32. The van der Waals surface area contributed by atoms with Gasteiger partial charge < -0.3 is 25.4 Å². The Balaban J connectivity index is 1.65. The molecule has 0 aromatic heterocycles. The van der Waals surface area contributed by atoms with Crippen LogP contribution < -0.4 is 20.5 Å². The second kappa shape index (κ2) is 8.68. The predicted molar refractivity (Wildman–Crippen MR) is 107 cm³/mol. The van der Waals surface area contributed by atoms with Gasteiger partial charge in [0.25, 0.3) is 0 Å². The van der Waals surface area contributed by atoms with E-state index in [2.05, 4.69) is 10.2 Å². The number of nitrogens with zero attached hydrogens (tertiary/aromatic N) is 2. The van der Waals surface area contributed by atoms with Crippen LogP contribution in [0.3, 0.4) is 0 Å². The summed E-state index contributed by atoms with van der Waals surface area (Å²) in [5.41, 5.74) is 5.79. The molecule has 2 aliphatic rings. The van der Waals surface area contributed by atoms with Crippen LogP contribution in [0, 0.1) is 0 Å². The second-order valence-electron chi connectivity index (χ2n) is 7.46. The van der Waals surface area contributed by atoms with Crippen LogP contribution in [-0.2, 0) is 4.79 Å². The molecule has 3 rings (SSSR count). The van der Waals surface area contributed by atoms with Crippen LogP contribution in [-0.4, -0.2) is 67.7 Å². The highest BCUT2D eigenvalue weighted by Gasteiger charge is 2.45. The van der Waals surface area contributed by atoms with Crippen LogP contribution in [0.2, 0.25) is 0 Å². The summed E-state index contributed by atoms with van der Waals surface area (Å²) in [5.74, 6) is 0.935. The molecule has 0 saturated carbocycles. The van der Waals surface area contributed by atoms with Crippen molar-refractivity contribution in [3.8, 4) is 11.5 Å². The van der Waals surface area contributed by atoms with Crippen molar-refractivity contribution in [2.24, 2.45) is 5.73 Å². The van der Waals surface area contributed by atoms with Crippen LogP contribution in [0.1, 0.15) is 32.1 Å². The van der Waals surface area contributed by atoms with E-state index in [4.69, 9.17) is 15.2 Å². The summed E-state index contributed by atoms with van der Waals surface area (Å²) in [7, 11) is 3.13. The molecule has 3 N–H and O–H groups in total. The lowest BCUT2D eigenvalue weighted by Crippen LogP contribution is -2.64. The maximum absolute atomic E-state index is 12.7. The topological polar surface area (TPSA) is 97.1 Å². The third-order valence-electron chi connectivity index (χ3n) is 5.90. The monoisotopic (exact) mass is 390 g/mol. The van der Waals surface area contributed by atoms with Gasteiger partial charge in [0, 0.05) is 37.0 Å². The smallest absolute Gasteiger partial charge is 0.321 e. The Morgan fingerprint density at radius 2 is 1.54 bits per heavy atom. The molecule has 2 fully saturated rings. The highest BCUT2D eigenvalue weighted by molar-refractivity contribution is 5.90. The molecule has 1 aromatic rings. The summed E-state index contributed by atoms with van der Waals surface area (Å²) in [6.07, 6.45) is 4.52. The van der Waals surface area contributed by atoms with Crippen molar-refractivity contribution in [2.75, 3.05) is 45.7 Å². The molecule has 2 aliphatic heterocycles. The van der Waals surface area contributed by atoms with E-state index in [1.165, 1.54) is 6.42 Å². The van der Waals surface area contributed by atoms with Gasteiger partial charge in [-0.2, -0.15) is 0 Å². The molecular weight excluding hydrogens is 360 g/mol. The minimum absolute atomic E-state index is 0.202. The Hall–Kier alpha value is -2.48. The number of ether oxygens (including phenoxy) is 2. The average molecular weight is 390 g/mol. The quantitative estimate of drug-likeness (QED) is 0.802. The van der Waals surface area contributed by atoms with Gasteiger partial charge in [0.1, 0.15) is 17.0 Å². The van der Waals surface area contributed by atoms with Crippen molar-refractivity contribution in [2.45, 2.75) is 37.6 Å². The molecule has 8 nitrogen and oxygen atoms in total. The molecule has 3 amide bonds. The van der Waals surface area contributed by atoms with Crippen molar-refractivity contribution in [3.63, 3.8) is 0 Å². The third kappa shape index (κ3) is 4.16. The van der Waals surface area contributed by atoms with Gasteiger partial charge >= 0.3 is 6.03 Å². The molecule has 28 heavy (non-hydrogen) atoms. The number of urea groups is 1. The van der Waals surface area contributed by atoms with Gasteiger partial charge in [-0.05, 0) is 38.8 Å². The fourth-order valence-electron chi connectivity index (χ4n) is 4.20. The normalized spacial score (nSPS) is 19.7. The number of hydrogen-bond donors (Lipinski definition) is 2. The number of rotatable bonds is 5. The number of primary amides is 1. The molecule has 0 aliphatic carbocycles. The summed E-state index contributed by atoms with van der Waals surface area (Å²) in [6.45, 7) is 2.79. The zero-order chi connectivity index (χ0) is 20.1. The second-order valence-corrected chi connectivity index (χ2v) is 7.46. The standard InChI is InChI=1S/C20H30N4O4/c1-27-16-12-15(13-17(14-16)28-2)22-19(26)23-10-6-20(7-11-23,18(21)25)24-8-4-3-5-9-24/h12-14H,3-11H2,1-2H3,(H2,21,25)(H,22,26). The number of nitrogens with one attached hydrogen (secondary N) is 1.